The van der Waals surface area contributed by atoms with Gasteiger partial charge in [-0.05, 0) is 49.6 Å². The van der Waals surface area contributed by atoms with E-state index in [1.165, 1.54) is 12.1 Å². The third-order valence-corrected chi connectivity index (χ3v) is 5.47. The first-order valence-electron chi connectivity index (χ1n) is 8.70. The second kappa shape index (κ2) is 7.16. The fourth-order valence-electron chi connectivity index (χ4n) is 2.68. The molecule has 1 fully saturated rings. The van der Waals surface area contributed by atoms with E-state index in [1.54, 1.807) is 24.3 Å². The van der Waals surface area contributed by atoms with Gasteiger partial charge in [0, 0.05) is 0 Å². The molecule has 0 spiro atoms. The molecule has 0 radical (unpaired) electrons. The Kier molecular flexibility index (Phi) is 4.82. The van der Waals surface area contributed by atoms with Gasteiger partial charge in [0.1, 0.15) is 11.3 Å². The molecule has 1 aliphatic rings. The number of rotatable bonds is 6. The van der Waals surface area contributed by atoms with E-state index >= 15 is 0 Å². The van der Waals surface area contributed by atoms with Gasteiger partial charge in [-0.25, -0.2) is 23.5 Å². The average Bonchev–Trinajstić information content (AvgIpc) is 3.46. The summed E-state index contributed by atoms with van der Waals surface area (Å²) < 4.78 is 28.7. The quantitative estimate of drug-likeness (QED) is 0.589. The van der Waals surface area contributed by atoms with Gasteiger partial charge in [0.05, 0.1) is 16.5 Å². The van der Waals surface area contributed by atoms with Crippen molar-refractivity contribution in [1.29, 1.82) is 0 Å². The predicted molar refractivity (Wildman–Crippen MR) is 106 cm³/mol. The van der Waals surface area contributed by atoms with Gasteiger partial charge >= 0.3 is 0 Å². The molecule has 0 amide bonds. The zero-order valence-electron chi connectivity index (χ0n) is 15.0. The van der Waals surface area contributed by atoms with Crippen LogP contribution in [0.2, 0.25) is 5.15 Å². The summed E-state index contributed by atoms with van der Waals surface area (Å²) in [4.78, 5) is 13.3. The van der Waals surface area contributed by atoms with E-state index in [2.05, 4.69) is 20.3 Å². The molecule has 10 heteroatoms. The Morgan fingerprint density at radius 2 is 1.86 bits per heavy atom. The predicted octanol–water partition coefficient (Wildman–Crippen LogP) is 3.04. The molecule has 3 N–H and O–H groups in total. The Bertz CT molecular complexity index is 1130. The van der Waals surface area contributed by atoms with Gasteiger partial charge in [0.25, 0.3) is 0 Å². The third kappa shape index (κ3) is 4.16. The Morgan fingerprint density at radius 1 is 1.14 bits per heavy atom. The number of primary sulfonamides is 1. The van der Waals surface area contributed by atoms with E-state index in [-0.39, 0.29) is 17.0 Å². The number of pyridine rings is 1. The van der Waals surface area contributed by atoms with Crippen LogP contribution >= 0.6 is 11.6 Å². The Morgan fingerprint density at radius 3 is 2.50 bits per heavy atom. The highest BCUT2D eigenvalue weighted by Gasteiger charge is 2.26. The normalized spacial score (nSPS) is 15.4. The summed E-state index contributed by atoms with van der Waals surface area (Å²) >= 11 is 6.00. The van der Waals surface area contributed by atoms with Crippen molar-refractivity contribution in [3.05, 3.63) is 47.1 Å². The second-order valence-corrected chi connectivity index (χ2v) is 8.60. The van der Waals surface area contributed by atoms with Gasteiger partial charge in [0.2, 0.25) is 21.9 Å². The van der Waals surface area contributed by atoms with E-state index < -0.39 is 10.0 Å². The zero-order chi connectivity index (χ0) is 19.9. The molecule has 2 heterocycles. The molecule has 1 aromatic carbocycles. The molecule has 0 bridgehead atoms. The van der Waals surface area contributed by atoms with Crippen LogP contribution in [-0.2, 0) is 10.0 Å². The summed E-state index contributed by atoms with van der Waals surface area (Å²) in [6, 6.07) is 9.58. The Hall–Kier alpha value is -2.49. The SMILES string of the molecule is CC(Nc1nc(OC2CC2)c2nc(Cl)ccc2n1)c1ccc(S(N)(=O)=O)cc1. The van der Waals surface area contributed by atoms with Gasteiger partial charge < -0.3 is 10.1 Å². The molecule has 1 atom stereocenters. The van der Waals surface area contributed by atoms with Gasteiger partial charge in [-0.1, -0.05) is 23.7 Å². The van der Waals surface area contributed by atoms with E-state index in [0.29, 0.717) is 28.0 Å². The maximum Gasteiger partial charge on any atom is 0.245 e. The van der Waals surface area contributed by atoms with Crippen molar-refractivity contribution in [3.63, 3.8) is 0 Å². The molecule has 28 heavy (non-hydrogen) atoms. The number of nitrogens with zero attached hydrogens (tertiary/aromatic N) is 3. The highest BCUT2D eigenvalue weighted by molar-refractivity contribution is 7.89. The van der Waals surface area contributed by atoms with E-state index in [4.69, 9.17) is 21.5 Å². The second-order valence-electron chi connectivity index (χ2n) is 6.65. The van der Waals surface area contributed by atoms with Crippen LogP contribution in [0.3, 0.4) is 0 Å². The van der Waals surface area contributed by atoms with Gasteiger partial charge in [0.15, 0.2) is 5.52 Å². The molecule has 3 aromatic rings. The largest absolute Gasteiger partial charge is 0.473 e. The van der Waals surface area contributed by atoms with Gasteiger partial charge in [-0.2, -0.15) is 4.98 Å². The van der Waals surface area contributed by atoms with Crippen molar-refractivity contribution in [1.82, 2.24) is 15.0 Å². The first-order chi connectivity index (χ1) is 13.3. The van der Waals surface area contributed by atoms with E-state index in [1.807, 2.05) is 6.92 Å². The first kappa shape index (κ1) is 18.9. The maximum absolute atomic E-state index is 11.4. The summed E-state index contributed by atoms with van der Waals surface area (Å²) in [6.45, 7) is 1.92. The summed E-state index contributed by atoms with van der Waals surface area (Å²) in [5.41, 5.74) is 2.00. The van der Waals surface area contributed by atoms with Crippen LogP contribution in [0.4, 0.5) is 5.95 Å². The molecule has 146 valence electrons. The summed E-state index contributed by atoms with van der Waals surface area (Å²) in [5.74, 6) is 0.782. The lowest BCUT2D eigenvalue weighted by molar-refractivity contribution is 0.294. The van der Waals surface area contributed by atoms with Crippen molar-refractivity contribution in [2.24, 2.45) is 5.14 Å². The highest BCUT2D eigenvalue weighted by atomic mass is 35.5. The minimum atomic E-state index is -3.72. The van der Waals surface area contributed by atoms with E-state index in [9.17, 15) is 8.42 Å². The van der Waals surface area contributed by atoms with Gasteiger partial charge in [-0.3, -0.25) is 0 Å². The summed E-state index contributed by atoms with van der Waals surface area (Å²) in [6.07, 6.45) is 2.12. The number of hydrogen-bond acceptors (Lipinski definition) is 7. The van der Waals surface area contributed by atoms with Crippen LogP contribution in [0.5, 0.6) is 5.88 Å². The van der Waals surface area contributed by atoms with Crippen molar-refractivity contribution >= 4 is 38.6 Å². The number of halogens is 1. The molecular formula is C18H18ClN5O3S. The molecule has 1 saturated carbocycles. The lowest BCUT2D eigenvalue weighted by atomic mass is 10.1. The number of aromatic nitrogens is 3. The molecule has 1 aliphatic carbocycles. The number of sulfonamides is 1. The smallest absolute Gasteiger partial charge is 0.245 e. The number of fused-ring (bicyclic) bond motifs is 1. The number of nitrogens with two attached hydrogens (primary N) is 1. The highest BCUT2D eigenvalue weighted by Crippen LogP contribution is 2.31. The zero-order valence-corrected chi connectivity index (χ0v) is 16.5. The van der Waals surface area contributed by atoms with Gasteiger partial charge in [-0.15, -0.1) is 0 Å². The Labute approximate surface area is 167 Å². The monoisotopic (exact) mass is 419 g/mol. The van der Waals surface area contributed by atoms with Crippen LogP contribution in [0, 0.1) is 0 Å². The third-order valence-electron chi connectivity index (χ3n) is 4.33. The summed E-state index contributed by atoms with van der Waals surface area (Å²) in [7, 11) is -3.72. The minimum absolute atomic E-state index is 0.0634. The molecule has 0 saturated heterocycles. The Balaban J connectivity index is 1.62. The van der Waals surface area contributed by atoms with Crippen LogP contribution in [0.15, 0.2) is 41.3 Å². The molecule has 8 nitrogen and oxygen atoms in total. The average molecular weight is 420 g/mol. The lowest BCUT2D eigenvalue weighted by Crippen LogP contribution is -2.13. The number of ether oxygens (including phenoxy) is 1. The fraction of sp³-hybridized carbons (Fsp3) is 0.278. The minimum Gasteiger partial charge on any atom is -0.473 e. The number of benzene rings is 1. The topological polar surface area (TPSA) is 120 Å². The van der Waals surface area contributed by atoms with Crippen molar-refractivity contribution in [2.75, 3.05) is 5.32 Å². The fourth-order valence-corrected chi connectivity index (χ4v) is 3.34. The number of nitrogens with one attached hydrogen (secondary N) is 1. The maximum atomic E-state index is 11.4. The lowest BCUT2D eigenvalue weighted by Gasteiger charge is -2.16. The van der Waals surface area contributed by atoms with E-state index in [0.717, 1.165) is 18.4 Å². The van der Waals surface area contributed by atoms with Crippen LogP contribution in [-0.4, -0.2) is 29.5 Å². The van der Waals surface area contributed by atoms with Crippen LogP contribution < -0.4 is 15.2 Å². The van der Waals surface area contributed by atoms with Crippen molar-refractivity contribution in [2.45, 2.75) is 36.8 Å². The first-order valence-corrected chi connectivity index (χ1v) is 10.6. The molecule has 2 aromatic heterocycles. The molecule has 4 rings (SSSR count). The van der Waals surface area contributed by atoms with Crippen LogP contribution in [0.1, 0.15) is 31.4 Å². The van der Waals surface area contributed by atoms with Crippen molar-refractivity contribution in [3.8, 4) is 5.88 Å². The molecule has 0 aliphatic heterocycles. The standard InChI is InChI=1S/C18H18ClN5O3S/c1-10(11-2-6-13(7-3-11)28(20,25)26)21-18-22-14-8-9-15(19)23-16(14)17(24-18)27-12-4-5-12/h2-3,6-10,12H,4-5H2,1H3,(H2,20,25,26)(H,21,22,24). The van der Waals surface area contributed by atoms with Crippen molar-refractivity contribution < 1.29 is 13.2 Å². The summed E-state index contributed by atoms with van der Waals surface area (Å²) in [5, 5.41) is 8.70. The number of anilines is 1. The van der Waals surface area contributed by atoms with Crippen LogP contribution in [0.25, 0.3) is 11.0 Å². The molecular weight excluding hydrogens is 402 g/mol. The number of hydrogen-bond donors (Lipinski definition) is 2. The molecule has 1 unspecified atom stereocenters.